The Bertz CT molecular complexity index is 685. The molecule has 1 spiro atoms. The van der Waals surface area contributed by atoms with E-state index in [-0.39, 0.29) is 29.9 Å². The van der Waals surface area contributed by atoms with Crippen molar-refractivity contribution in [3.63, 3.8) is 0 Å². The number of likely N-dealkylation sites (tertiary alicyclic amines) is 2. The van der Waals surface area contributed by atoms with E-state index in [0.29, 0.717) is 13.0 Å². The zero-order chi connectivity index (χ0) is 18.9. The third-order valence-electron chi connectivity index (χ3n) is 6.28. The van der Waals surface area contributed by atoms with Crippen LogP contribution in [-0.4, -0.2) is 85.0 Å². The molecule has 0 aliphatic carbocycles. The van der Waals surface area contributed by atoms with Crippen molar-refractivity contribution in [2.24, 2.45) is 0 Å². The van der Waals surface area contributed by atoms with Crippen molar-refractivity contribution in [2.45, 2.75) is 30.8 Å². The molecule has 4 rings (SSSR count). The van der Waals surface area contributed by atoms with Gasteiger partial charge in [-0.3, -0.25) is 9.59 Å². The highest BCUT2D eigenvalue weighted by molar-refractivity contribution is 5.86. The molecule has 3 saturated heterocycles. The number of piperidine rings is 1. The van der Waals surface area contributed by atoms with E-state index in [1.165, 1.54) is 5.56 Å². The van der Waals surface area contributed by atoms with Crippen LogP contribution in [0.3, 0.4) is 0 Å². The maximum atomic E-state index is 12.8. The highest BCUT2D eigenvalue weighted by atomic mass is 16.5. The molecular formula is C21H29N3O3. The summed E-state index contributed by atoms with van der Waals surface area (Å²) in [5.41, 5.74) is 1.09. The molecule has 3 aliphatic heterocycles. The van der Waals surface area contributed by atoms with Crippen LogP contribution in [0.4, 0.5) is 0 Å². The van der Waals surface area contributed by atoms with Crippen molar-refractivity contribution >= 4 is 11.8 Å². The Morgan fingerprint density at radius 3 is 2.63 bits per heavy atom. The van der Waals surface area contributed by atoms with Gasteiger partial charge in [-0.2, -0.15) is 0 Å². The SMILES string of the molecule is CN1CCOC2(CCN(C(=O)CN3CC(c4ccccc4)CC3=O)CC2)C1. The number of carbonyl (C=O) groups excluding carboxylic acids is 2. The highest BCUT2D eigenvalue weighted by Crippen LogP contribution is 2.31. The topological polar surface area (TPSA) is 53.1 Å². The smallest absolute Gasteiger partial charge is 0.242 e. The summed E-state index contributed by atoms with van der Waals surface area (Å²) in [5, 5.41) is 0. The fraction of sp³-hybridized carbons (Fsp3) is 0.619. The van der Waals surface area contributed by atoms with Gasteiger partial charge in [0.2, 0.25) is 11.8 Å². The standard InChI is InChI=1S/C21H29N3O3/c1-22-11-12-27-21(16-22)7-9-23(10-8-21)20(26)15-24-14-18(13-19(24)25)17-5-3-2-4-6-17/h2-6,18H,7-16H2,1H3. The van der Waals surface area contributed by atoms with Crippen LogP contribution in [0.25, 0.3) is 0 Å². The van der Waals surface area contributed by atoms with Crippen molar-refractivity contribution in [3.8, 4) is 0 Å². The van der Waals surface area contributed by atoms with E-state index in [0.717, 1.165) is 45.6 Å². The highest BCUT2D eigenvalue weighted by Gasteiger charge is 2.40. The summed E-state index contributed by atoms with van der Waals surface area (Å²) >= 11 is 0. The molecule has 3 heterocycles. The van der Waals surface area contributed by atoms with Gasteiger partial charge in [-0.05, 0) is 25.5 Å². The Hall–Kier alpha value is -1.92. The van der Waals surface area contributed by atoms with Crippen molar-refractivity contribution in [1.29, 1.82) is 0 Å². The lowest BCUT2D eigenvalue weighted by Gasteiger charge is -2.46. The normalized spacial score (nSPS) is 26.0. The summed E-state index contributed by atoms with van der Waals surface area (Å²) < 4.78 is 6.07. The van der Waals surface area contributed by atoms with Gasteiger partial charge in [-0.15, -0.1) is 0 Å². The van der Waals surface area contributed by atoms with Crippen LogP contribution >= 0.6 is 0 Å². The Balaban J connectivity index is 1.30. The van der Waals surface area contributed by atoms with Crippen LogP contribution in [-0.2, 0) is 14.3 Å². The lowest BCUT2D eigenvalue weighted by Crippen LogP contribution is -2.57. The number of morpholine rings is 1. The minimum absolute atomic E-state index is 0.0658. The number of likely N-dealkylation sites (N-methyl/N-ethyl adjacent to an activating group) is 1. The van der Waals surface area contributed by atoms with E-state index in [2.05, 4.69) is 24.1 Å². The fourth-order valence-corrected chi connectivity index (χ4v) is 4.64. The first kappa shape index (κ1) is 18.4. The molecule has 2 amide bonds. The third-order valence-corrected chi connectivity index (χ3v) is 6.28. The van der Waals surface area contributed by atoms with Crippen LogP contribution in [0.15, 0.2) is 30.3 Å². The minimum Gasteiger partial charge on any atom is -0.372 e. The largest absolute Gasteiger partial charge is 0.372 e. The summed E-state index contributed by atoms with van der Waals surface area (Å²) in [4.78, 5) is 31.1. The zero-order valence-electron chi connectivity index (χ0n) is 16.1. The molecule has 0 bridgehead atoms. The van der Waals surface area contributed by atoms with Gasteiger partial charge in [-0.1, -0.05) is 30.3 Å². The fourth-order valence-electron chi connectivity index (χ4n) is 4.64. The first-order valence-electron chi connectivity index (χ1n) is 9.98. The summed E-state index contributed by atoms with van der Waals surface area (Å²) in [6, 6.07) is 10.1. The Morgan fingerprint density at radius 1 is 1.19 bits per heavy atom. The van der Waals surface area contributed by atoms with E-state index >= 15 is 0 Å². The second-order valence-corrected chi connectivity index (χ2v) is 8.24. The molecule has 1 unspecified atom stereocenters. The molecule has 6 nitrogen and oxygen atoms in total. The molecular weight excluding hydrogens is 342 g/mol. The summed E-state index contributed by atoms with van der Waals surface area (Å²) in [6.07, 6.45) is 2.26. The lowest BCUT2D eigenvalue weighted by molar-refractivity contribution is -0.150. The molecule has 1 atom stereocenters. The summed E-state index contributed by atoms with van der Waals surface area (Å²) in [7, 11) is 2.13. The van der Waals surface area contributed by atoms with E-state index < -0.39 is 0 Å². The molecule has 0 radical (unpaired) electrons. The number of hydrogen-bond acceptors (Lipinski definition) is 4. The number of amides is 2. The number of nitrogens with zero attached hydrogens (tertiary/aromatic N) is 3. The molecule has 3 fully saturated rings. The third kappa shape index (κ3) is 4.01. The second-order valence-electron chi connectivity index (χ2n) is 8.24. The average Bonchev–Trinajstić information content (AvgIpc) is 3.03. The van der Waals surface area contributed by atoms with Gasteiger partial charge in [0.05, 0.1) is 18.8 Å². The van der Waals surface area contributed by atoms with Gasteiger partial charge >= 0.3 is 0 Å². The van der Waals surface area contributed by atoms with Gasteiger partial charge in [0.1, 0.15) is 0 Å². The van der Waals surface area contributed by atoms with Crippen molar-refractivity contribution in [1.82, 2.24) is 14.7 Å². The van der Waals surface area contributed by atoms with Gasteiger partial charge in [0, 0.05) is 45.1 Å². The van der Waals surface area contributed by atoms with Crippen molar-refractivity contribution < 1.29 is 14.3 Å². The molecule has 1 aromatic rings. The Kier molecular flexibility index (Phi) is 5.19. The summed E-state index contributed by atoms with van der Waals surface area (Å²) in [6.45, 7) is 4.97. The van der Waals surface area contributed by atoms with Crippen LogP contribution in [0.2, 0.25) is 0 Å². The number of hydrogen-bond donors (Lipinski definition) is 0. The number of benzene rings is 1. The van der Waals surface area contributed by atoms with E-state index in [1.54, 1.807) is 4.90 Å². The Morgan fingerprint density at radius 2 is 1.93 bits per heavy atom. The second kappa shape index (κ2) is 7.60. The quantitative estimate of drug-likeness (QED) is 0.804. The molecule has 3 aliphatic rings. The van der Waals surface area contributed by atoms with Crippen LogP contribution < -0.4 is 0 Å². The maximum Gasteiger partial charge on any atom is 0.242 e. The van der Waals surface area contributed by atoms with E-state index in [1.807, 2.05) is 23.1 Å². The number of ether oxygens (including phenoxy) is 1. The minimum atomic E-state index is -0.0916. The maximum absolute atomic E-state index is 12.8. The van der Waals surface area contributed by atoms with Crippen LogP contribution in [0.1, 0.15) is 30.7 Å². The van der Waals surface area contributed by atoms with Crippen LogP contribution in [0.5, 0.6) is 0 Å². The van der Waals surface area contributed by atoms with Gasteiger partial charge in [0.15, 0.2) is 0 Å². The average molecular weight is 371 g/mol. The van der Waals surface area contributed by atoms with E-state index in [9.17, 15) is 9.59 Å². The predicted octanol–water partition coefficient (Wildman–Crippen LogP) is 1.33. The van der Waals surface area contributed by atoms with Gasteiger partial charge in [-0.25, -0.2) is 0 Å². The predicted molar refractivity (Wildman–Crippen MR) is 102 cm³/mol. The molecule has 146 valence electrons. The van der Waals surface area contributed by atoms with Gasteiger partial charge < -0.3 is 19.4 Å². The first-order valence-corrected chi connectivity index (χ1v) is 9.98. The number of rotatable bonds is 3. The van der Waals surface area contributed by atoms with Gasteiger partial charge in [0.25, 0.3) is 0 Å². The van der Waals surface area contributed by atoms with Crippen molar-refractivity contribution in [2.75, 3.05) is 52.9 Å². The first-order chi connectivity index (χ1) is 13.0. The molecule has 0 saturated carbocycles. The molecule has 27 heavy (non-hydrogen) atoms. The van der Waals surface area contributed by atoms with Crippen LogP contribution in [0, 0.1) is 0 Å². The molecule has 6 heteroatoms. The Labute approximate surface area is 161 Å². The monoisotopic (exact) mass is 371 g/mol. The lowest BCUT2D eigenvalue weighted by atomic mass is 9.89. The van der Waals surface area contributed by atoms with E-state index in [4.69, 9.17) is 4.74 Å². The molecule has 0 N–H and O–H groups in total. The summed E-state index contributed by atoms with van der Waals surface area (Å²) in [5.74, 6) is 0.348. The van der Waals surface area contributed by atoms with Crippen molar-refractivity contribution in [3.05, 3.63) is 35.9 Å². The molecule has 0 aromatic heterocycles. The number of carbonyl (C=O) groups is 2. The molecule has 1 aromatic carbocycles. The zero-order valence-corrected chi connectivity index (χ0v) is 16.1.